The predicted octanol–water partition coefficient (Wildman–Crippen LogP) is 2.26. The Balaban J connectivity index is 1.61. The van der Waals surface area contributed by atoms with Crippen LogP contribution in [0, 0.1) is 0 Å². The first-order chi connectivity index (χ1) is 12.1. The van der Waals surface area contributed by atoms with Gasteiger partial charge in [-0.2, -0.15) is 0 Å². The zero-order valence-electron chi connectivity index (χ0n) is 14.6. The maximum Gasteiger partial charge on any atom is 0.267 e. The van der Waals surface area contributed by atoms with Crippen molar-refractivity contribution in [3.05, 3.63) is 46.0 Å². The molecule has 0 N–H and O–H groups in total. The van der Waals surface area contributed by atoms with Crippen LogP contribution in [0.15, 0.2) is 24.3 Å². The molecule has 1 aromatic carbocycles. The normalized spacial score (nSPS) is 14.6. The average Bonchev–Trinajstić information content (AvgIpc) is 3.16. The van der Waals surface area contributed by atoms with Gasteiger partial charge in [0.1, 0.15) is 4.88 Å². The molecule has 1 aliphatic heterocycles. The molecule has 1 saturated heterocycles. The van der Waals surface area contributed by atoms with Crippen molar-refractivity contribution in [2.24, 2.45) is 0 Å². The summed E-state index contributed by atoms with van der Waals surface area (Å²) in [5, 5.41) is 4.00. The first kappa shape index (κ1) is 17.5. The highest BCUT2D eigenvalue weighted by atomic mass is 32.1. The third kappa shape index (κ3) is 3.71. The molecule has 2 amide bonds. The van der Waals surface area contributed by atoms with Crippen molar-refractivity contribution in [1.29, 1.82) is 0 Å². The Labute approximate surface area is 151 Å². The molecule has 0 saturated carbocycles. The van der Waals surface area contributed by atoms with E-state index in [1.165, 1.54) is 5.56 Å². The number of benzene rings is 1. The van der Waals surface area contributed by atoms with Crippen LogP contribution >= 0.6 is 11.5 Å². The van der Waals surface area contributed by atoms with E-state index in [0.717, 1.165) is 23.6 Å². The van der Waals surface area contributed by atoms with Gasteiger partial charge in [-0.3, -0.25) is 9.59 Å². The van der Waals surface area contributed by atoms with Crippen LogP contribution in [0.1, 0.15) is 45.1 Å². The van der Waals surface area contributed by atoms with E-state index in [2.05, 4.69) is 16.5 Å². The summed E-state index contributed by atoms with van der Waals surface area (Å²) < 4.78 is 3.89. The third-order valence-electron chi connectivity index (χ3n) is 4.55. The molecule has 1 fully saturated rings. The van der Waals surface area contributed by atoms with Gasteiger partial charge in [0.2, 0.25) is 0 Å². The molecule has 0 radical (unpaired) electrons. The molecule has 25 heavy (non-hydrogen) atoms. The zero-order chi connectivity index (χ0) is 17.8. The highest BCUT2D eigenvalue weighted by molar-refractivity contribution is 7.08. The quantitative estimate of drug-likeness (QED) is 0.841. The summed E-state index contributed by atoms with van der Waals surface area (Å²) in [7, 11) is 0. The lowest BCUT2D eigenvalue weighted by Crippen LogP contribution is -2.50. The number of aryl methyl sites for hydroxylation is 2. The van der Waals surface area contributed by atoms with E-state index in [4.69, 9.17) is 0 Å². The SMILES string of the molecule is CCc1ccc(C(=O)N2CCN(C(=O)c3snnc3CC)CC2)cc1. The molecule has 0 unspecified atom stereocenters. The van der Waals surface area contributed by atoms with E-state index in [-0.39, 0.29) is 11.8 Å². The number of piperazine rings is 1. The summed E-state index contributed by atoms with van der Waals surface area (Å²) in [5.41, 5.74) is 2.68. The first-order valence-corrected chi connectivity index (χ1v) is 9.40. The molecule has 7 heteroatoms. The van der Waals surface area contributed by atoms with Gasteiger partial charge in [-0.05, 0) is 42.1 Å². The van der Waals surface area contributed by atoms with Crippen LogP contribution in [-0.4, -0.2) is 57.4 Å². The fourth-order valence-corrected chi connectivity index (χ4v) is 3.64. The van der Waals surface area contributed by atoms with Crippen molar-refractivity contribution in [1.82, 2.24) is 19.4 Å². The lowest BCUT2D eigenvalue weighted by atomic mass is 10.1. The van der Waals surface area contributed by atoms with Crippen molar-refractivity contribution in [2.75, 3.05) is 26.2 Å². The summed E-state index contributed by atoms with van der Waals surface area (Å²) in [6.07, 6.45) is 1.66. The van der Waals surface area contributed by atoms with Gasteiger partial charge in [0.25, 0.3) is 11.8 Å². The lowest BCUT2D eigenvalue weighted by Gasteiger charge is -2.34. The van der Waals surface area contributed by atoms with Crippen LogP contribution < -0.4 is 0 Å². The van der Waals surface area contributed by atoms with Crippen LogP contribution in [-0.2, 0) is 12.8 Å². The van der Waals surface area contributed by atoms with E-state index >= 15 is 0 Å². The maximum atomic E-state index is 12.6. The minimum atomic E-state index is -0.0220. The van der Waals surface area contributed by atoms with Gasteiger partial charge in [-0.25, -0.2) is 0 Å². The summed E-state index contributed by atoms with van der Waals surface area (Å²) in [4.78, 5) is 29.4. The largest absolute Gasteiger partial charge is 0.335 e. The second kappa shape index (κ2) is 7.74. The molecule has 6 nitrogen and oxygen atoms in total. The molecular formula is C18H22N4O2S. The molecule has 1 aliphatic rings. The van der Waals surface area contributed by atoms with E-state index in [0.29, 0.717) is 43.0 Å². The highest BCUT2D eigenvalue weighted by Crippen LogP contribution is 2.17. The van der Waals surface area contributed by atoms with Crippen molar-refractivity contribution < 1.29 is 9.59 Å². The van der Waals surface area contributed by atoms with Crippen molar-refractivity contribution in [3.63, 3.8) is 0 Å². The van der Waals surface area contributed by atoms with E-state index in [1.54, 1.807) is 4.90 Å². The lowest BCUT2D eigenvalue weighted by molar-refractivity contribution is 0.0537. The summed E-state index contributed by atoms with van der Waals surface area (Å²) in [5.74, 6) is 0.00899. The number of hydrogen-bond acceptors (Lipinski definition) is 5. The van der Waals surface area contributed by atoms with Crippen LogP contribution in [0.3, 0.4) is 0 Å². The van der Waals surface area contributed by atoms with E-state index in [9.17, 15) is 9.59 Å². The zero-order valence-corrected chi connectivity index (χ0v) is 15.4. The Morgan fingerprint density at radius 1 is 0.960 bits per heavy atom. The Hall–Kier alpha value is -2.28. The summed E-state index contributed by atoms with van der Waals surface area (Å²) in [6.45, 7) is 6.24. The fourth-order valence-electron chi connectivity index (χ4n) is 2.92. The maximum absolute atomic E-state index is 12.6. The minimum absolute atomic E-state index is 0.0220. The van der Waals surface area contributed by atoms with Crippen LogP contribution in [0.2, 0.25) is 0 Å². The standard InChI is InChI=1S/C18H22N4O2S/c1-3-13-5-7-14(8-6-13)17(23)21-9-11-22(12-10-21)18(24)16-15(4-2)19-20-25-16/h5-8H,3-4,9-12H2,1-2H3. The monoisotopic (exact) mass is 358 g/mol. The Morgan fingerprint density at radius 2 is 1.56 bits per heavy atom. The van der Waals surface area contributed by atoms with Crippen molar-refractivity contribution in [2.45, 2.75) is 26.7 Å². The highest BCUT2D eigenvalue weighted by Gasteiger charge is 2.27. The number of rotatable bonds is 4. The fraction of sp³-hybridized carbons (Fsp3) is 0.444. The molecule has 2 heterocycles. The van der Waals surface area contributed by atoms with Gasteiger partial charge >= 0.3 is 0 Å². The third-order valence-corrected chi connectivity index (χ3v) is 5.30. The number of amides is 2. The Bertz CT molecular complexity index is 749. The Kier molecular flexibility index (Phi) is 5.43. The molecule has 2 aromatic rings. The van der Waals surface area contributed by atoms with Crippen LogP contribution in [0.5, 0.6) is 0 Å². The molecular weight excluding hydrogens is 336 g/mol. The molecule has 132 valence electrons. The molecule has 0 atom stereocenters. The van der Waals surface area contributed by atoms with Gasteiger partial charge < -0.3 is 9.80 Å². The second-order valence-electron chi connectivity index (χ2n) is 6.04. The van der Waals surface area contributed by atoms with Crippen LogP contribution in [0.4, 0.5) is 0 Å². The second-order valence-corrected chi connectivity index (χ2v) is 6.79. The van der Waals surface area contributed by atoms with Gasteiger partial charge in [-0.1, -0.05) is 30.5 Å². The number of hydrogen-bond donors (Lipinski definition) is 0. The molecule has 0 aliphatic carbocycles. The summed E-state index contributed by atoms with van der Waals surface area (Å²) in [6, 6.07) is 7.76. The summed E-state index contributed by atoms with van der Waals surface area (Å²) >= 11 is 1.15. The molecule has 0 spiro atoms. The van der Waals surface area contributed by atoms with Crippen LogP contribution in [0.25, 0.3) is 0 Å². The number of aromatic nitrogens is 2. The minimum Gasteiger partial charge on any atom is -0.335 e. The Morgan fingerprint density at radius 3 is 2.12 bits per heavy atom. The first-order valence-electron chi connectivity index (χ1n) is 8.62. The number of carbonyl (C=O) groups excluding carboxylic acids is 2. The number of carbonyl (C=O) groups is 2. The number of nitrogens with zero attached hydrogens (tertiary/aromatic N) is 4. The predicted molar refractivity (Wildman–Crippen MR) is 96.9 cm³/mol. The smallest absolute Gasteiger partial charge is 0.267 e. The molecule has 1 aromatic heterocycles. The average molecular weight is 358 g/mol. The van der Waals surface area contributed by atoms with Gasteiger partial charge in [0, 0.05) is 31.7 Å². The molecule has 3 rings (SSSR count). The van der Waals surface area contributed by atoms with Gasteiger partial charge in [-0.15, -0.1) is 5.10 Å². The van der Waals surface area contributed by atoms with Crippen molar-refractivity contribution in [3.8, 4) is 0 Å². The van der Waals surface area contributed by atoms with Gasteiger partial charge in [0.05, 0.1) is 5.69 Å². The van der Waals surface area contributed by atoms with E-state index in [1.807, 2.05) is 36.1 Å². The van der Waals surface area contributed by atoms with E-state index < -0.39 is 0 Å². The topological polar surface area (TPSA) is 66.4 Å². The van der Waals surface area contributed by atoms with Crippen molar-refractivity contribution >= 4 is 23.3 Å². The van der Waals surface area contributed by atoms with Gasteiger partial charge in [0.15, 0.2) is 0 Å². The molecule has 0 bridgehead atoms.